The van der Waals surface area contributed by atoms with Gasteiger partial charge in [0.05, 0.1) is 12.1 Å². The van der Waals surface area contributed by atoms with Gasteiger partial charge in [-0.25, -0.2) is 9.98 Å². The first-order valence-electron chi connectivity index (χ1n) is 7.22. The number of aromatic nitrogens is 1. The molecular weight excluding hydrogens is 379 g/mol. The zero-order valence-corrected chi connectivity index (χ0v) is 14.8. The SMILES string of the molecule is CC1(C)C(N=C(N)Nc2ccccn2)C2CCCOC21.I. The van der Waals surface area contributed by atoms with Crippen LogP contribution in [0.3, 0.4) is 0 Å². The monoisotopic (exact) mass is 402 g/mol. The maximum absolute atomic E-state index is 6.02. The number of aliphatic imine (C=N–C) groups is 1. The smallest absolute Gasteiger partial charge is 0.194 e. The molecular formula is C15H23IN4O. The summed E-state index contributed by atoms with van der Waals surface area (Å²) in [6.45, 7) is 5.30. The van der Waals surface area contributed by atoms with Crippen molar-refractivity contribution in [2.45, 2.75) is 38.8 Å². The third-order valence-corrected chi connectivity index (χ3v) is 4.47. The van der Waals surface area contributed by atoms with Gasteiger partial charge in [-0.2, -0.15) is 0 Å². The molecule has 0 radical (unpaired) electrons. The van der Waals surface area contributed by atoms with Crippen LogP contribution in [-0.4, -0.2) is 29.7 Å². The van der Waals surface area contributed by atoms with Crippen LogP contribution in [0.1, 0.15) is 26.7 Å². The largest absolute Gasteiger partial charge is 0.377 e. The van der Waals surface area contributed by atoms with Crippen LogP contribution in [0.5, 0.6) is 0 Å². The summed E-state index contributed by atoms with van der Waals surface area (Å²) in [5, 5.41) is 3.05. The number of nitrogens with two attached hydrogens (primary N) is 1. The first-order chi connectivity index (χ1) is 9.59. The molecule has 1 aliphatic heterocycles. The summed E-state index contributed by atoms with van der Waals surface area (Å²) < 4.78 is 5.88. The number of guanidine groups is 1. The van der Waals surface area contributed by atoms with Crippen LogP contribution in [0.15, 0.2) is 29.4 Å². The number of rotatable bonds is 2. The first-order valence-corrected chi connectivity index (χ1v) is 7.22. The maximum atomic E-state index is 6.02. The molecule has 0 spiro atoms. The van der Waals surface area contributed by atoms with Crippen molar-refractivity contribution in [1.82, 2.24) is 4.98 Å². The molecule has 3 rings (SSSR count). The number of pyridine rings is 1. The normalized spacial score (nSPS) is 30.6. The van der Waals surface area contributed by atoms with Crippen molar-refractivity contribution in [3.05, 3.63) is 24.4 Å². The molecule has 5 nitrogen and oxygen atoms in total. The van der Waals surface area contributed by atoms with Gasteiger partial charge in [0.1, 0.15) is 5.82 Å². The van der Waals surface area contributed by atoms with Gasteiger partial charge in [-0.1, -0.05) is 19.9 Å². The summed E-state index contributed by atoms with van der Waals surface area (Å²) in [7, 11) is 0. The molecule has 0 amide bonds. The molecule has 3 unspecified atom stereocenters. The van der Waals surface area contributed by atoms with Crippen LogP contribution < -0.4 is 11.1 Å². The van der Waals surface area contributed by atoms with E-state index in [1.807, 2.05) is 18.2 Å². The van der Waals surface area contributed by atoms with Crippen molar-refractivity contribution < 1.29 is 4.74 Å². The number of halogens is 1. The Balaban J connectivity index is 0.00000161. The molecule has 2 fully saturated rings. The van der Waals surface area contributed by atoms with E-state index in [1.54, 1.807) is 6.20 Å². The Kier molecular flexibility index (Phi) is 5.08. The average molecular weight is 402 g/mol. The second-order valence-corrected chi connectivity index (χ2v) is 6.22. The molecule has 6 heteroatoms. The Morgan fingerprint density at radius 1 is 1.48 bits per heavy atom. The Hall–Kier alpha value is -0.890. The van der Waals surface area contributed by atoms with Crippen molar-refractivity contribution >= 4 is 35.8 Å². The third-order valence-electron chi connectivity index (χ3n) is 4.47. The first kappa shape index (κ1) is 16.5. The Morgan fingerprint density at radius 2 is 2.29 bits per heavy atom. The fourth-order valence-electron chi connectivity index (χ4n) is 3.51. The van der Waals surface area contributed by atoms with Gasteiger partial charge in [0, 0.05) is 24.1 Å². The molecule has 1 saturated heterocycles. The Bertz CT molecular complexity index is 506. The molecule has 1 saturated carbocycles. The quantitative estimate of drug-likeness (QED) is 0.453. The molecule has 2 aliphatic rings. The molecule has 116 valence electrons. The van der Waals surface area contributed by atoms with Gasteiger partial charge in [0.15, 0.2) is 5.96 Å². The topological polar surface area (TPSA) is 72.5 Å². The van der Waals surface area contributed by atoms with E-state index in [1.165, 1.54) is 6.42 Å². The summed E-state index contributed by atoms with van der Waals surface area (Å²) in [6, 6.07) is 5.89. The highest BCUT2D eigenvalue weighted by Crippen LogP contribution is 2.52. The van der Waals surface area contributed by atoms with Crippen molar-refractivity contribution in [3.63, 3.8) is 0 Å². The van der Waals surface area contributed by atoms with Crippen molar-refractivity contribution in [3.8, 4) is 0 Å². The summed E-state index contributed by atoms with van der Waals surface area (Å²) in [6.07, 6.45) is 4.36. The van der Waals surface area contributed by atoms with Gasteiger partial charge in [0.2, 0.25) is 0 Å². The zero-order valence-electron chi connectivity index (χ0n) is 12.5. The molecule has 0 bridgehead atoms. The van der Waals surface area contributed by atoms with Crippen LogP contribution in [0.25, 0.3) is 0 Å². The highest BCUT2D eigenvalue weighted by molar-refractivity contribution is 14.0. The number of fused-ring (bicyclic) bond motifs is 1. The third kappa shape index (κ3) is 3.15. The molecule has 1 aromatic rings. The maximum Gasteiger partial charge on any atom is 0.194 e. The number of ether oxygens (including phenoxy) is 1. The van der Waals surface area contributed by atoms with E-state index < -0.39 is 0 Å². The van der Waals surface area contributed by atoms with Crippen molar-refractivity contribution in [1.29, 1.82) is 0 Å². The lowest BCUT2D eigenvalue weighted by atomic mass is 9.55. The molecule has 3 atom stereocenters. The molecule has 2 heterocycles. The number of anilines is 1. The van der Waals surface area contributed by atoms with Crippen molar-refractivity contribution in [2.75, 3.05) is 11.9 Å². The summed E-state index contributed by atoms with van der Waals surface area (Å²) in [5.41, 5.74) is 6.07. The molecule has 1 aliphatic carbocycles. The van der Waals surface area contributed by atoms with Crippen molar-refractivity contribution in [2.24, 2.45) is 22.1 Å². The lowest BCUT2D eigenvalue weighted by Gasteiger charge is -2.58. The predicted molar refractivity (Wildman–Crippen MR) is 94.9 cm³/mol. The second-order valence-electron chi connectivity index (χ2n) is 6.22. The van der Waals surface area contributed by atoms with E-state index in [0.717, 1.165) is 18.8 Å². The molecule has 1 aromatic heterocycles. The van der Waals surface area contributed by atoms with Gasteiger partial charge < -0.3 is 15.8 Å². The standard InChI is InChI=1S/C15H22N4O.HI/c1-15(2)12(10-6-5-9-20-13(10)15)19-14(16)18-11-7-3-4-8-17-11;/h3-4,7-8,10,12-13H,5-6,9H2,1-2H3,(H3,16,17,18,19);1H. The second kappa shape index (κ2) is 6.48. The number of nitrogens with zero attached hydrogens (tertiary/aromatic N) is 2. The minimum atomic E-state index is 0. The van der Waals surface area contributed by atoms with Gasteiger partial charge in [-0.05, 0) is 25.0 Å². The van der Waals surface area contributed by atoms with E-state index in [-0.39, 0.29) is 35.4 Å². The average Bonchev–Trinajstić information content (AvgIpc) is 2.46. The van der Waals surface area contributed by atoms with Gasteiger partial charge in [-0.15, -0.1) is 24.0 Å². The van der Waals surface area contributed by atoms with E-state index in [0.29, 0.717) is 18.0 Å². The molecule has 21 heavy (non-hydrogen) atoms. The Labute approximate surface area is 142 Å². The van der Waals surface area contributed by atoms with Gasteiger partial charge >= 0.3 is 0 Å². The highest BCUT2D eigenvalue weighted by Gasteiger charge is 2.58. The summed E-state index contributed by atoms with van der Waals surface area (Å²) >= 11 is 0. The van der Waals surface area contributed by atoms with Gasteiger partial charge in [0.25, 0.3) is 0 Å². The van der Waals surface area contributed by atoms with Crippen LogP contribution >= 0.6 is 24.0 Å². The Morgan fingerprint density at radius 3 is 3.00 bits per heavy atom. The van der Waals surface area contributed by atoms with Crippen LogP contribution in [0.2, 0.25) is 0 Å². The minimum absolute atomic E-state index is 0. The lowest BCUT2D eigenvalue weighted by Crippen LogP contribution is -2.64. The molecule has 3 N–H and O–H groups in total. The zero-order chi connectivity index (χ0) is 14.2. The van der Waals surface area contributed by atoms with Crippen LogP contribution in [0.4, 0.5) is 5.82 Å². The van der Waals surface area contributed by atoms with E-state index in [2.05, 4.69) is 29.1 Å². The van der Waals surface area contributed by atoms with Gasteiger partial charge in [-0.3, -0.25) is 0 Å². The van der Waals surface area contributed by atoms with E-state index >= 15 is 0 Å². The lowest BCUT2D eigenvalue weighted by molar-refractivity contribution is -0.182. The minimum Gasteiger partial charge on any atom is -0.377 e. The van der Waals surface area contributed by atoms with E-state index in [4.69, 9.17) is 10.5 Å². The van der Waals surface area contributed by atoms with E-state index in [9.17, 15) is 0 Å². The van der Waals surface area contributed by atoms with Crippen LogP contribution in [-0.2, 0) is 4.74 Å². The fraction of sp³-hybridized carbons (Fsp3) is 0.600. The molecule has 0 aromatic carbocycles. The number of hydrogen-bond donors (Lipinski definition) is 2. The highest BCUT2D eigenvalue weighted by atomic mass is 127. The number of hydrogen-bond acceptors (Lipinski definition) is 3. The summed E-state index contributed by atoms with van der Waals surface area (Å²) in [4.78, 5) is 8.87. The number of nitrogens with one attached hydrogen (secondary N) is 1. The summed E-state index contributed by atoms with van der Waals surface area (Å²) in [5.74, 6) is 1.66. The fourth-order valence-corrected chi connectivity index (χ4v) is 3.51. The predicted octanol–water partition coefficient (Wildman–Crippen LogP) is 2.63. The van der Waals surface area contributed by atoms with Crippen LogP contribution in [0, 0.1) is 11.3 Å².